The van der Waals surface area contributed by atoms with Crippen molar-refractivity contribution in [3.63, 3.8) is 0 Å². The maximum absolute atomic E-state index is 11.2. The number of ether oxygens (including phenoxy) is 1. The van der Waals surface area contributed by atoms with Gasteiger partial charge in [-0.05, 0) is 44.0 Å². The SMILES string of the molecule is C=CCC[C@H](CC(C)=O)Nc1ccc(OC)cc1. The zero-order valence-corrected chi connectivity index (χ0v) is 11.1. The topological polar surface area (TPSA) is 38.3 Å². The molecule has 3 nitrogen and oxygen atoms in total. The lowest BCUT2D eigenvalue weighted by atomic mass is 10.1. The fourth-order valence-corrected chi connectivity index (χ4v) is 1.81. The molecule has 1 rings (SSSR count). The van der Waals surface area contributed by atoms with Gasteiger partial charge in [0.05, 0.1) is 7.11 Å². The number of anilines is 1. The van der Waals surface area contributed by atoms with E-state index in [0.717, 1.165) is 24.3 Å². The number of benzene rings is 1. The fourth-order valence-electron chi connectivity index (χ4n) is 1.81. The number of Topliss-reactive ketones (excluding diaryl/α,β-unsaturated/α-hetero) is 1. The Bertz CT molecular complexity index is 384. The quantitative estimate of drug-likeness (QED) is 0.715. The normalized spacial score (nSPS) is 11.7. The second-order valence-corrected chi connectivity index (χ2v) is 4.34. The molecule has 0 aliphatic heterocycles. The monoisotopic (exact) mass is 247 g/mol. The molecule has 0 heterocycles. The van der Waals surface area contributed by atoms with Crippen molar-refractivity contribution < 1.29 is 9.53 Å². The van der Waals surface area contributed by atoms with Crippen LogP contribution in [0.4, 0.5) is 5.69 Å². The first-order valence-electron chi connectivity index (χ1n) is 6.16. The number of carbonyl (C=O) groups is 1. The van der Waals surface area contributed by atoms with Gasteiger partial charge in [-0.15, -0.1) is 6.58 Å². The summed E-state index contributed by atoms with van der Waals surface area (Å²) in [5.41, 5.74) is 1.01. The third kappa shape index (κ3) is 5.04. The van der Waals surface area contributed by atoms with Crippen LogP contribution >= 0.6 is 0 Å². The van der Waals surface area contributed by atoms with E-state index in [-0.39, 0.29) is 11.8 Å². The first-order valence-corrected chi connectivity index (χ1v) is 6.16. The molecule has 98 valence electrons. The molecule has 0 bridgehead atoms. The summed E-state index contributed by atoms with van der Waals surface area (Å²) in [5.74, 6) is 1.03. The summed E-state index contributed by atoms with van der Waals surface area (Å²) in [6, 6.07) is 7.88. The number of nitrogens with one attached hydrogen (secondary N) is 1. The first-order chi connectivity index (χ1) is 8.65. The summed E-state index contributed by atoms with van der Waals surface area (Å²) >= 11 is 0. The van der Waals surface area contributed by atoms with Gasteiger partial charge in [0.2, 0.25) is 0 Å². The lowest BCUT2D eigenvalue weighted by molar-refractivity contribution is -0.117. The van der Waals surface area contributed by atoms with Crippen molar-refractivity contribution in [2.45, 2.75) is 32.2 Å². The van der Waals surface area contributed by atoms with Gasteiger partial charge >= 0.3 is 0 Å². The van der Waals surface area contributed by atoms with E-state index in [1.807, 2.05) is 30.3 Å². The molecule has 0 aromatic heterocycles. The third-order valence-electron chi connectivity index (χ3n) is 2.71. The molecule has 0 aliphatic carbocycles. The van der Waals surface area contributed by atoms with E-state index in [1.54, 1.807) is 14.0 Å². The highest BCUT2D eigenvalue weighted by Crippen LogP contribution is 2.18. The number of ketones is 1. The van der Waals surface area contributed by atoms with Gasteiger partial charge in [-0.3, -0.25) is 4.79 Å². The predicted octanol–water partition coefficient (Wildman–Crippen LogP) is 3.42. The van der Waals surface area contributed by atoms with Crippen LogP contribution in [0.15, 0.2) is 36.9 Å². The van der Waals surface area contributed by atoms with Crippen LogP contribution in [0.3, 0.4) is 0 Å². The minimum atomic E-state index is 0.161. The van der Waals surface area contributed by atoms with Crippen molar-refractivity contribution in [2.75, 3.05) is 12.4 Å². The zero-order chi connectivity index (χ0) is 13.4. The highest BCUT2D eigenvalue weighted by atomic mass is 16.5. The summed E-state index contributed by atoms with van der Waals surface area (Å²) in [6.45, 7) is 5.33. The van der Waals surface area contributed by atoms with E-state index in [4.69, 9.17) is 4.74 Å². The summed E-state index contributed by atoms with van der Waals surface area (Å²) in [5, 5.41) is 3.37. The number of methoxy groups -OCH3 is 1. The number of allylic oxidation sites excluding steroid dienone is 1. The molecule has 18 heavy (non-hydrogen) atoms. The Morgan fingerprint density at radius 1 is 1.44 bits per heavy atom. The molecule has 3 heteroatoms. The second kappa shape index (κ2) is 7.54. The third-order valence-corrected chi connectivity index (χ3v) is 2.71. The van der Waals surface area contributed by atoms with Crippen molar-refractivity contribution in [1.82, 2.24) is 0 Å². The zero-order valence-electron chi connectivity index (χ0n) is 11.1. The van der Waals surface area contributed by atoms with Crippen LogP contribution in [0.25, 0.3) is 0 Å². The Hall–Kier alpha value is -1.77. The fraction of sp³-hybridized carbons (Fsp3) is 0.400. The van der Waals surface area contributed by atoms with Crippen LogP contribution in [0.1, 0.15) is 26.2 Å². The summed E-state index contributed by atoms with van der Waals surface area (Å²) < 4.78 is 5.11. The van der Waals surface area contributed by atoms with Crippen LogP contribution in [0.5, 0.6) is 5.75 Å². The van der Waals surface area contributed by atoms with E-state index in [0.29, 0.717) is 6.42 Å². The number of carbonyl (C=O) groups excluding carboxylic acids is 1. The van der Waals surface area contributed by atoms with Gasteiger partial charge in [0, 0.05) is 18.2 Å². The van der Waals surface area contributed by atoms with Gasteiger partial charge in [-0.1, -0.05) is 6.08 Å². The van der Waals surface area contributed by atoms with Crippen LogP contribution in [0.2, 0.25) is 0 Å². The minimum Gasteiger partial charge on any atom is -0.497 e. The molecule has 0 radical (unpaired) electrons. The Morgan fingerprint density at radius 3 is 2.61 bits per heavy atom. The predicted molar refractivity (Wildman–Crippen MR) is 75.1 cm³/mol. The largest absolute Gasteiger partial charge is 0.497 e. The van der Waals surface area contributed by atoms with Gasteiger partial charge < -0.3 is 10.1 Å². The second-order valence-electron chi connectivity index (χ2n) is 4.34. The summed E-state index contributed by atoms with van der Waals surface area (Å²) in [4.78, 5) is 11.2. The number of rotatable bonds is 8. The average molecular weight is 247 g/mol. The Labute approximate surface area is 109 Å². The summed E-state index contributed by atoms with van der Waals surface area (Å²) in [7, 11) is 1.64. The molecule has 1 aromatic rings. The molecule has 0 spiro atoms. The van der Waals surface area contributed by atoms with E-state index in [9.17, 15) is 4.79 Å². The minimum absolute atomic E-state index is 0.161. The Balaban J connectivity index is 2.62. The van der Waals surface area contributed by atoms with Gasteiger partial charge in [0.25, 0.3) is 0 Å². The standard InChI is InChI=1S/C15H21NO2/c1-4-5-6-14(11-12(2)17)16-13-7-9-15(18-3)10-8-13/h4,7-10,14,16H,1,5-6,11H2,2-3H3/t14-/m1/s1. The summed E-state index contributed by atoms with van der Waals surface area (Å²) in [6.07, 6.45) is 4.24. The smallest absolute Gasteiger partial charge is 0.131 e. The van der Waals surface area contributed by atoms with Crippen LogP contribution < -0.4 is 10.1 Å². The molecule has 1 N–H and O–H groups in total. The van der Waals surface area contributed by atoms with Gasteiger partial charge in [0.1, 0.15) is 11.5 Å². The van der Waals surface area contributed by atoms with Crippen LogP contribution in [-0.2, 0) is 4.79 Å². The lowest BCUT2D eigenvalue weighted by Gasteiger charge is -2.18. The average Bonchev–Trinajstić information content (AvgIpc) is 2.36. The van der Waals surface area contributed by atoms with E-state index < -0.39 is 0 Å². The first kappa shape index (κ1) is 14.3. The molecular weight excluding hydrogens is 226 g/mol. The van der Waals surface area contributed by atoms with E-state index in [1.165, 1.54) is 0 Å². The molecular formula is C15H21NO2. The van der Waals surface area contributed by atoms with E-state index >= 15 is 0 Å². The highest BCUT2D eigenvalue weighted by Gasteiger charge is 2.10. The maximum Gasteiger partial charge on any atom is 0.131 e. The molecule has 1 aromatic carbocycles. The molecule has 0 aliphatic rings. The Morgan fingerprint density at radius 2 is 2.11 bits per heavy atom. The van der Waals surface area contributed by atoms with Crippen LogP contribution in [0, 0.1) is 0 Å². The molecule has 0 saturated carbocycles. The van der Waals surface area contributed by atoms with Crippen molar-refractivity contribution in [1.29, 1.82) is 0 Å². The molecule has 0 amide bonds. The van der Waals surface area contributed by atoms with Crippen LogP contribution in [-0.4, -0.2) is 18.9 Å². The van der Waals surface area contributed by atoms with Crippen molar-refractivity contribution in [3.8, 4) is 5.75 Å². The molecule has 0 saturated heterocycles. The Kier molecular flexibility index (Phi) is 5.98. The van der Waals surface area contributed by atoms with Gasteiger partial charge in [-0.2, -0.15) is 0 Å². The van der Waals surface area contributed by atoms with E-state index in [2.05, 4.69) is 11.9 Å². The van der Waals surface area contributed by atoms with Crippen molar-refractivity contribution in [3.05, 3.63) is 36.9 Å². The van der Waals surface area contributed by atoms with Gasteiger partial charge in [-0.25, -0.2) is 0 Å². The molecule has 1 atom stereocenters. The lowest BCUT2D eigenvalue weighted by Crippen LogP contribution is -2.22. The molecule has 0 fully saturated rings. The van der Waals surface area contributed by atoms with Crippen molar-refractivity contribution in [2.24, 2.45) is 0 Å². The van der Waals surface area contributed by atoms with Crippen molar-refractivity contribution >= 4 is 11.5 Å². The number of hydrogen-bond acceptors (Lipinski definition) is 3. The van der Waals surface area contributed by atoms with Gasteiger partial charge in [0.15, 0.2) is 0 Å². The maximum atomic E-state index is 11.2. The number of hydrogen-bond donors (Lipinski definition) is 1. The molecule has 0 unspecified atom stereocenters. The highest BCUT2D eigenvalue weighted by molar-refractivity contribution is 5.76.